The summed E-state index contributed by atoms with van der Waals surface area (Å²) in [6, 6.07) is 6.95. The number of rotatable bonds is 4. The van der Waals surface area contributed by atoms with Crippen LogP contribution in [-0.2, 0) is 9.59 Å². The minimum absolute atomic E-state index is 0.0228. The number of ether oxygens (including phenoxy) is 1. The fourth-order valence-electron chi connectivity index (χ4n) is 2.77. The van der Waals surface area contributed by atoms with Crippen molar-refractivity contribution >= 4 is 23.4 Å². The van der Waals surface area contributed by atoms with E-state index in [-0.39, 0.29) is 17.2 Å². The van der Waals surface area contributed by atoms with Gasteiger partial charge in [-0.25, -0.2) is 0 Å². The van der Waals surface area contributed by atoms with Crippen molar-refractivity contribution in [2.24, 2.45) is 5.41 Å². The van der Waals surface area contributed by atoms with Gasteiger partial charge in [0.15, 0.2) is 6.10 Å². The van der Waals surface area contributed by atoms with E-state index in [4.69, 9.17) is 16.3 Å². The predicted molar refractivity (Wildman–Crippen MR) is 98.8 cm³/mol. The summed E-state index contributed by atoms with van der Waals surface area (Å²) in [7, 11) is 0. The van der Waals surface area contributed by atoms with E-state index in [1.165, 1.54) is 0 Å². The van der Waals surface area contributed by atoms with Crippen LogP contribution in [0.25, 0.3) is 0 Å². The minimum Gasteiger partial charge on any atom is -0.481 e. The lowest BCUT2D eigenvalue weighted by Gasteiger charge is -2.36. The van der Waals surface area contributed by atoms with E-state index in [1.807, 2.05) is 4.90 Å². The molecule has 0 N–H and O–H groups in total. The van der Waals surface area contributed by atoms with Gasteiger partial charge >= 0.3 is 0 Å². The molecular formula is C19H27ClN2O3. The second-order valence-corrected chi connectivity index (χ2v) is 8.09. The molecule has 1 atom stereocenters. The zero-order valence-corrected chi connectivity index (χ0v) is 16.2. The van der Waals surface area contributed by atoms with Crippen molar-refractivity contribution in [2.75, 3.05) is 26.2 Å². The molecule has 1 aliphatic rings. The van der Waals surface area contributed by atoms with Gasteiger partial charge in [0.25, 0.3) is 5.91 Å². The molecule has 0 spiro atoms. The van der Waals surface area contributed by atoms with Gasteiger partial charge in [-0.05, 0) is 36.6 Å². The molecule has 2 amide bonds. The predicted octanol–water partition coefficient (Wildman–Crippen LogP) is 3.21. The molecule has 6 heteroatoms. The first-order valence-electron chi connectivity index (χ1n) is 8.64. The van der Waals surface area contributed by atoms with E-state index in [0.717, 1.165) is 0 Å². The van der Waals surface area contributed by atoms with Crippen molar-refractivity contribution in [3.8, 4) is 5.75 Å². The lowest BCUT2D eigenvalue weighted by atomic mass is 9.91. The van der Waals surface area contributed by atoms with Crippen molar-refractivity contribution < 1.29 is 14.3 Å². The SMILES string of the molecule is CC(Oc1ccc(Cl)cc1)C(=O)N1CCN(C(=O)CC(C)(C)C)CC1. The number of hydrogen-bond donors (Lipinski definition) is 0. The van der Waals surface area contributed by atoms with Crippen LogP contribution >= 0.6 is 11.6 Å². The van der Waals surface area contributed by atoms with E-state index >= 15 is 0 Å². The molecule has 1 aromatic carbocycles. The van der Waals surface area contributed by atoms with Crippen molar-refractivity contribution in [1.82, 2.24) is 9.80 Å². The van der Waals surface area contributed by atoms with Gasteiger partial charge in [0.2, 0.25) is 5.91 Å². The molecular weight excluding hydrogens is 340 g/mol. The average molecular weight is 367 g/mol. The van der Waals surface area contributed by atoms with Crippen LogP contribution in [0.4, 0.5) is 0 Å². The Kier molecular flexibility index (Phi) is 6.33. The topological polar surface area (TPSA) is 49.9 Å². The second kappa shape index (κ2) is 8.09. The largest absolute Gasteiger partial charge is 0.481 e. The summed E-state index contributed by atoms with van der Waals surface area (Å²) in [5, 5.41) is 0.627. The fourth-order valence-corrected chi connectivity index (χ4v) is 2.89. The molecule has 1 saturated heterocycles. The third-order valence-electron chi connectivity index (χ3n) is 4.10. The monoisotopic (exact) mass is 366 g/mol. The van der Waals surface area contributed by atoms with Gasteiger partial charge in [-0.2, -0.15) is 0 Å². The van der Waals surface area contributed by atoms with Crippen LogP contribution < -0.4 is 4.74 Å². The highest BCUT2D eigenvalue weighted by Crippen LogP contribution is 2.21. The van der Waals surface area contributed by atoms with Crippen LogP contribution in [-0.4, -0.2) is 53.9 Å². The first-order valence-corrected chi connectivity index (χ1v) is 9.02. The number of carbonyl (C=O) groups is 2. The molecule has 0 aliphatic carbocycles. The Morgan fingerprint density at radius 1 is 1.08 bits per heavy atom. The number of hydrogen-bond acceptors (Lipinski definition) is 3. The van der Waals surface area contributed by atoms with Gasteiger partial charge in [0.05, 0.1) is 0 Å². The summed E-state index contributed by atoms with van der Waals surface area (Å²) in [4.78, 5) is 28.4. The lowest BCUT2D eigenvalue weighted by Crippen LogP contribution is -2.53. The van der Waals surface area contributed by atoms with Gasteiger partial charge in [-0.3, -0.25) is 9.59 Å². The highest BCUT2D eigenvalue weighted by Gasteiger charge is 2.29. The molecule has 1 fully saturated rings. The second-order valence-electron chi connectivity index (χ2n) is 7.66. The van der Waals surface area contributed by atoms with Crippen LogP contribution in [0.5, 0.6) is 5.75 Å². The molecule has 25 heavy (non-hydrogen) atoms. The third-order valence-corrected chi connectivity index (χ3v) is 4.35. The van der Waals surface area contributed by atoms with Crippen molar-refractivity contribution in [2.45, 2.75) is 40.2 Å². The molecule has 1 unspecified atom stereocenters. The zero-order chi connectivity index (χ0) is 18.6. The van der Waals surface area contributed by atoms with E-state index in [2.05, 4.69) is 20.8 Å². The Balaban J connectivity index is 1.84. The first kappa shape index (κ1) is 19.6. The summed E-state index contributed by atoms with van der Waals surface area (Å²) in [5.74, 6) is 0.715. The highest BCUT2D eigenvalue weighted by molar-refractivity contribution is 6.30. The van der Waals surface area contributed by atoms with E-state index in [9.17, 15) is 9.59 Å². The van der Waals surface area contributed by atoms with Crippen LogP contribution in [0.1, 0.15) is 34.1 Å². The fraction of sp³-hybridized carbons (Fsp3) is 0.579. The number of halogens is 1. The molecule has 0 radical (unpaired) electrons. The number of benzene rings is 1. The zero-order valence-electron chi connectivity index (χ0n) is 15.4. The Labute approximate surface area is 154 Å². The van der Waals surface area contributed by atoms with Gasteiger partial charge < -0.3 is 14.5 Å². The van der Waals surface area contributed by atoms with Crippen LogP contribution in [0.3, 0.4) is 0 Å². The van der Waals surface area contributed by atoms with Gasteiger partial charge in [0.1, 0.15) is 5.75 Å². The quantitative estimate of drug-likeness (QED) is 0.822. The average Bonchev–Trinajstić information content (AvgIpc) is 2.55. The summed E-state index contributed by atoms with van der Waals surface area (Å²) in [6.45, 7) is 10.2. The number of amides is 2. The molecule has 5 nitrogen and oxygen atoms in total. The molecule has 0 saturated carbocycles. The molecule has 1 aliphatic heterocycles. The van der Waals surface area contributed by atoms with Crippen LogP contribution in [0.15, 0.2) is 24.3 Å². The van der Waals surface area contributed by atoms with E-state index in [0.29, 0.717) is 43.4 Å². The van der Waals surface area contributed by atoms with Crippen molar-refractivity contribution in [1.29, 1.82) is 0 Å². The first-order chi connectivity index (χ1) is 11.7. The lowest BCUT2D eigenvalue weighted by molar-refractivity contribution is -0.144. The summed E-state index contributed by atoms with van der Waals surface area (Å²) in [5.41, 5.74) is -0.0228. The molecule has 138 valence electrons. The number of nitrogens with zero attached hydrogens (tertiary/aromatic N) is 2. The maximum atomic E-state index is 12.5. The van der Waals surface area contributed by atoms with Gasteiger partial charge in [-0.1, -0.05) is 32.4 Å². The Morgan fingerprint density at radius 3 is 2.12 bits per heavy atom. The summed E-state index contributed by atoms with van der Waals surface area (Å²) in [6.07, 6.45) is -0.0465. The molecule has 1 aromatic rings. The van der Waals surface area contributed by atoms with E-state index < -0.39 is 6.10 Å². The standard InChI is InChI=1S/C19H27ClN2O3/c1-14(25-16-7-5-15(20)6-8-16)18(24)22-11-9-21(10-12-22)17(23)13-19(2,3)4/h5-8,14H,9-13H2,1-4H3. The summed E-state index contributed by atoms with van der Waals surface area (Å²) >= 11 is 5.85. The van der Waals surface area contributed by atoms with Crippen LogP contribution in [0, 0.1) is 5.41 Å². The Morgan fingerprint density at radius 2 is 1.60 bits per heavy atom. The van der Waals surface area contributed by atoms with Gasteiger partial charge in [0, 0.05) is 37.6 Å². The highest BCUT2D eigenvalue weighted by atomic mass is 35.5. The maximum Gasteiger partial charge on any atom is 0.263 e. The van der Waals surface area contributed by atoms with E-state index in [1.54, 1.807) is 36.1 Å². The van der Waals surface area contributed by atoms with Crippen molar-refractivity contribution in [3.63, 3.8) is 0 Å². The molecule has 0 bridgehead atoms. The number of carbonyl (C=O) groups excluding carboxylic acids is 2. The van der Waals surface area contributed by atoms with Crippen molar-refractivity contribution in [3.05, 3.63) is 29.3 Å². The maximum absolute atomic E-state index is 12.5. The minimum atomic E-state index is -0.571. The molecule has 2 rings (SSSR count). The molecule has 0 aromatic heterocycles. The number of piperazine rings is 1. The molecule has 1 heterocycles. The summed E-state index contributed by atoms with van der Waals surface area (Å²) < 4.78 is 5.69. The smallest absolute Gasteiger partial charge is 0.263 e. The Bertz CT molecular complexity index is 602. The normalized spacial score (nSPS) is 16.5. The third kappa shape index (κ3) is 5.92. The van der Waals surface area contributed by atoms with Gasteiger partial charge in [-0.15, -0.1) is 0 Å². The Hall–Kier alpha value is -1.75. The van der Waals surface area contributed by atoms with Crippen LogP contribution in [0.2, 0.25) is 5.02 Å².